The summed E-state index contributed by atoms with van der Waals surface area (Å²) in [4.78, 5) is 27.1. The second kappa shape index (κ2) is 8.37. The summed E-state index contributed by atoms with van der Waals surface area (Å²) in [7, 11) is 0. The normalized spacial score (nSPS) is 21.5. The minimum absolute atomic E-state index is 0.00181. The summed E-state index contributed by atoms with van der Waals surface area (Å²) in [6.07, 6.45) is 3.65. The maximum absolute atomic E-state index is 12.7. The molecular weight excluding hydrogens is 268 g/mol. The topological polar surface area (TPSA) is 58.6 Å². The number of hydrogen-bond donors (Lipinski definition) is 1. The third-order valence-electron chi connectivity index (χ3n) is 4.43. The fourth-order valence-electron chi connectivity index (χ4n) is 3.11. The van der Waals surface area contributed by atoms with E-state index in [-0.39, 0.29) is 17.9 Å². The van der Waals surface area contributed by atoms with Crippen molar-refractivity contribution in [1.82, 2.24) is 10.2 Å². The standard InChI is InChI=1S/C16H30N2O3/c1-5-10-13-14(19)18(11-9-12-21-8-4)16(6-2,7-3)15(20)17-13/h13H,5-12H2,1-4H3,(H,17,20). The molecule has 21 heavy (non-hydrogen) atoms. The van der Waals surface area contributed by atoms with Crippen LogP contribution in [0, 0.1) is 0 Å². The van der Waals surface area contributed by atoms with Gasteiger partial charge in [0.15, 0.2) is 0 Å². The Labute approximate surface area is 128 Å². The van der Waals surface area contributed by atoms with Crippen LogP contribution in [-0.2, 0) is 14.3 Å². The van der Waals surface area contributed by atoms with Crippen LogP contribution in [0.3, 0.4) is 0 Å². The van der Waals surface area contributed by atoms with Gasteiger partial charge in [0, 0.05) is 19.8 Å². The lowest BCUT2D eigenvalue weighted by atomic mass is 9.85. The Kier molecular flexibility index (Phi) is 7.15. The highest BCUT2D eigenvalue weighted by molar-refractivity contribution is 5.99. The largest absolute Gasteiger partial charge is 0.382 e. The highest BCUT2D eigenvalue weighted by Crippen LogP contribution is 2.30. The van der Waals surface area contributed by atoms with Gasteiger partial charge < -0.3 is 15.0 Å². The van der Waals surface area contributed by atoms with Crippen LogP contribution in [-0.4, -0.2) is 48.1 Å². The van der Waals surface area contributed by atoms with E-state index in [1.807, 2.05) is 32.6 Å². The maximum atomic E-state index is 12.7. The van der Waals surface area contributed by atoms with Crippen molar-refractivity contribution in [1.29, 1.82) is 0 Å². The molecule has 0 spiro atoms. The lowest BCUT2D eigenvalue weighted by Crippen LogP contribution is -2.70. The van der Waals surface area contributed by atoms with Gasteiger partial charge in [0.05, 0.1) is 0 Å². The van der Waals surface area contributed by atoms with Crippen LogP contribution >= 0.6 is 0 Å². The van der Waals surface area contributed by atoms with E-state index in [4.69, 9.17) is 4.74 Å². The number of piperazine rings is 1. The first-order chi connectivity index (χ1) is 10.1. The van der Waals surface area contributed by atoms with Crippen LogP contribution in [0.15, 0.2) is 0 Å². The van der Waals surface area contributed by atoms with Gasteiger partial charge in [-0.2, -0.15) is 0 Å². The number of nitrogens with zero attached hydrogens (tertiary/aromatic N) is 1. The summed E-state index contributed by atoms with van der Waals surface area (Å²) in [5.74, 6) is 0.0682. The monoisotopic (exact) mass is 298 g/mol. The number of ether oxygens (including phenoxy) is 1. The lowest BCUT2D eigenvalue weighted by Gasteiger charge is -2.47. The van der Waals surface area contributed by atoms with Crippen molar-refractivity contribution in [3.05, 3.63) is 0 Å². The molecule has 1 aliphatic rings. The van der Waals surface area contributed by atoms with Crippen LogP contribution in [0.1, 0.15) is 59.8 Å². The van der Waals surface area contributed by atoms with Crippen molar-refractivity contribution in [2.24, 2.45) is 0 Å². The molecule has 1 fully saturated rings. The summed E-state index contributed by atoms with van der Waals surface area (Å²) < 4.78 is 5.36. The number of carbonyl (C=O) groups is 2. The Morgan fingerprint density at radius 1 is 1.19 bits per heavy atom. The predicted octanol–water partition coefficient (Wildman–Crippen LogP) is 2.10. The molecule has 5 nitrogen and oxygen atoms in total. The first-order valence-electron chi connectivity index (χ1n) is 8.27. The minimum atomic E-state index is -0.687. The van der Waals surface area contributed by atoms with E-state index in [2.05, 4.69) is 5.32 Å². The molecule has 0 aromatic carbocycles. The first kappa shape index (κ1) is 18.0. The molecule has 1 heterocycles. The van der Waals surface area contributed by atoms with Gasteiger partial charge >= 0.3 is 0 Å². The Morgan fingerprint density at radius 2 is 1.86 bits per heavy atom. The molecule has 0 bridgehead atoms. The number of nitrogens with one attached hydrogen (secondary N) is 1. The van der Waals surface area contributed by atoms with Gasteiger partial charge in [0.25, 0.3) is 0 Å². The van der Waals surface area contributed by atoms with E-state index < -0.39 is 5.54 Å². The Morgan fingerprint density at radius 3 is 2.38 bits per heavy atom. The molecule has 1 N–H and O–H groups in total. The molecule has 0 aromatic heterocycles. The van der Waals surface area contributed by atoms with Gasteiger partial charge in [-0.15, -0.1) is 0 Å². The quantitative estimate of drug-likeness (QED) is 0.663. The predicted molar refractivity (Wildman–Crippen MR) is 83.0 cm³/mol. The van der Waals surface area contributed by atoms with Crippen molar-refractivity contribution in [2.75, 3.05) is 19.8 Å². The molecule has 1 atom stereocenters. The molecule has 122 valence electrons. The van der Waals surface area contributed by atoms with Gasteiger partial charge in [-0.05, 0) is 32.6 Å². The number of amides is 2. The molecule has 1 unspecified atom stereocenters. The smallest absolute Gasteiger partial charge is 0.246 e. The van der Waals surface area contributed by atoms with E-state index >= 15 is 0 Å². The van der Waals surface area contributed by atoms with E-state index in [1.54, 1.807) is 0 Å². The Balaban J connectivity index is 2.89. The van der Waals surface area contributed by atoms with E-state index in [1.165, 1.54) is 0 Å². The zero-order valence-corrected chi connectivity index (χ0v) is 13.9. The molecule has 1 rings (SSSR count). The van der Waals surface area contributed by atoms with Gasteiger partial charge in [0.1, 0.15) is 11.6 Å². The number of rotatable bonds is 9. The highest BCUT2D eigenvalue weighted by Gasteiger charge is 2.49. The van der Waals surface area contributed by atoms with Crippen LogP contribution in [0.2, 0.25) is 0 Å². The minimum Gasteiger partial charge on any atom is -0.382 e. The molecule has 1 saturated heterocycles. The Hall–Kier alpha value is -1.10. The highest BCUT2D eigenvalue weighted by atomic mass is 16.5. The van der Waals surface area contributed by atoms with Gasteiger partial charge in [0.2, 0.25) is 11.8 Å². The van der Waals surface area contributed by atoms with Crippen molar-refractivity contribution >= 4 is 11.8 Å². The molecule has 1 aliphatic heterocycles. The van der Waals surface area contributed by atoms with Crippen molar-refractivity contribution in [3.8, 4) is 0 Å². The molecule has 2 amide bonds. The molecule has 0 aromatic rings. The second-order valence-corrected chi connectivity index (χ2v) is 5.59. The summed E-state index contributed by atoms with van der Waals surface area (Å²) in [6.45, 7) is 9.84. The molecule has 0 aliphatic carbocycles. The first-order valence-corrected chi connectivity index (χ1v) is 8.27. The fourth-order valence-corrected chi connectivity index (χ4v) is 3.11. The third-order valence-corrected chi connectivity index (χ3v) is 4.43. The van der Waals surface area contributed by atoms with Crippen LogP contribution < -0.4 is 5.32 Å². The third kappa shape index (κ3) is 3.76. The molecule has 0 saturated carbocycles. The van der Waals surface area contributed by atoms with Crippen LogP contribution in [0.4, 0.5) is 0 Å². The van der Waals surface area contributed by atoms with Crippen LogP contribution in [0.5, 0.6) is 0 Å². The molecule has 5 heteroatoms. The summed E-state index contributed by atoms with van der Waals surface area (Å²) in [6, 6.07) is -0.360. The zero-order chi connectivity index (χ0) is 15.9. The van der Waals surface area contributed by atoms with Crippen molar-refractivity contribution in [3.63, 3.8) is 0 Å². The number of carbonyl (C=O) groups excluding carboxylic acids is 2. The SMILES string of the molecule is CCCC1NC(=O)C(CC)(CC)N(CCCOCC)C1=O. The average Bonchev–Trinajstić information content (AvgIpc) is 2.49. The van der Waals surface area contributed by atoms with E-state index in [9.17, 15) is 9.59 Å². The summed E-state index contributed by atoms with van der Waals surface area (Å²) in [5.41, 5.74) is -0.687. The second-order valence-electron chi connectivity index (χ2n) is 5.59. The molecular formula is C16H30N2O3. The van der Waals surface area contributed by atoms with Crippen molar-refractivity contribution in [2.45, 2.75) is 71.4 Å². The Bertz CT molecular complexity index is 353. The maximum Gasteiger partial charge on any atom is 0.246 e. The van der Waals surface area contributed by atoms with Gasteiger partial charge in [-0.3, -0.25) is 9.59 Å². The van der Waals surface area contributed by atoms with E-state index in [0.717, 1.165) is 12.8 Å². The van der Waals surface area contributed by atoms with Gasteiger partial charge in [-0.1, -0.05) is 27.2 Å². The van der Waals surface area contributed by atoms with E-state index in [0.29, 0.717) is 39.0 Å². The molecule has 0 radical (unpaired) electrons. The van der Waals surface area contributed by atoms with Gasteiger partial charge in [-0.25, -0.2) is 0 Å². The fraction of sp³-hybridized carbons (Fsp3) is 0.875. The lowest BCUT2D eigenvalue weighted by molar-refractivity contribution is -0.158. The average molecular weight is 298 g/mol. The zero-order valence-electron chi connectivity index (χ0n) is 13.9. The van der Waals surface area contributed by atoms with Crippen LogP contribution in [0.25, 0.3) is 0 Å². The van der Waals surface area contributed by atoms with Crippen molar-refractivity contribution < 1.29 is 14.3 Å². The summed E-state index contributed by atoms with van der Waals surface area (Å²) >= 11 is 0. The number of hydrogen-bond acceptors (Lipinski definition) is 3. The summed E-state index contributed by atoms with van der Waals surface area (Å²) in [5, 5.41) is 2.93.